The number of hydrogen-bond donors (Lipinski definition) is 1. The second-order valence-corrected chi connectivity index (χ2v) is 9.05. The van der Waals surface area contributed by atoms with Gasteiger partial charge in [-0.15, -0.1) is 11.3 Å². The summed E-state index contributed by atoms with van der Waals surface area (Å²) in [5.74, 6) is 0.549. The molecule has 2 aromatic carbocycles. The molecule has 0 aliphatic carbocycles. The lowest BCUT2D eigenvalue weighted by Gasteiger charge is -2.26. The Kier molecular flexibility index (Phi) is 7.37. The average molecular weight is 488 g/mol. The van der Waals surface area contributed by atoms with E-state index in [4.69, 9.17) is 30.8 Å². The van der Waals surface area contributed by atoms with Crippen molar-refractivity contribution in [2.24, 2.45) is 0 Å². The molecular formula is C24H26ClN3O4S. The van der Waals surface area contributed by atoms with E-state index < -0.39 is 0 Å². The molecule has 7 nitrogen and oxygen atoms in total. The minimum atomic E-state index is -0.290. The number of aromatic nitrogens is 1. The number of benzene rings is 2. The van der Waals surface area contributed by atoms with E-state index in [1.807, 2.05) is 43.5 Å². The summed E-state index contributed by atoms with van der Waals surface area (Å²) < 4.78 is 16.5. The van der Waals surface area contributed by atoms with Gasteiger partial charge < -0.3 is 24.4 Å². The summed E-state index contributed by atoms with van der Waals surface area (Å²) in [6.45, 7) is 6.97. The minimum absolute atomic E-state index is 0.0720. The van der Waals surface area contributed by atoms with Gasteiger partial charge in [0.15, 0.2) is 16.6 Å². The highest BCUT2D eigenvalue weighted by molar-refractivity contribution is 7.14. The Morgan fingerprint density at radius 1 is 1.21 bits per heavy atom. The summed E-state index contributed by atoms with van der Waals surface area (Å²) in [5, 5.41) is 6.27. The van der Waals surface area contributed by atoms with Crippen LogP contribution in [0, 0.1) is 0 Å². The van der Waals surface area contributed by atoms with Gasteiger partial charge in [0.1, 0.15) is 0 Å². The SMILES string of the molecule is COc1cc(C(=O)Nc2ccc(-c3csc(N4CCOCC4)n3)cc2)cc(Cl)c1OC(C)C. The number of ether oxygens (including phenoxy) is 3. The number of methoxy groups -OCH3 is 1. The molecule has 1 aliphatic heterocycles. The molecule has 174 valence electrons. The molecule has 1 amide bonds. The number of thiazole rings is 1. The van der Waals surface area contributed by atoms with Gasteiger partial charge in [0.2, 0.25) is 0 Å². The first-order chi connectivity index (χ1) is 15.9. The molecular weight excluding hydrogens is 462 g/mol. The lowest BCUT2D eigenvalue weighted by molar-refractivity contribution is 0.102. The highest BCUT2D eigenvalue weighted by atomic mass is 35.5. The second kappa shape index (κ2) is 10.4. The zero-order valence-electron chi connectivity index (χ0n) is 18.8. The number of anilines is 2. The average Bonchev–Trinajstić information content (AvgIpc) is 3.31. The fourth-order valence-corrected chi connectivity index (χ4v) is 4.57. The molecule has 0 unspecified atom stereocenters. The highest BCUT2D eigenvalue weighted by Gasteiger charge is 2.18. The fourth-order valence-electron chi connectivity index (χ4n) is 3.43. The minimum Gasteiger partial charge on any atom is -0.493 e. The monoisotopic (exact) mass is 487 g/mol. The summed E-state index contributed by atoms with van der Waals surface area (Å²) >= 11 is 7.98. The topological polar surface area (TPSA) is 72.9 Å². The molecule has 1 aromatic heterocycles. The first-order valence-corrected chi connectivity index (χ1v) is 11.9. The van der Waals surface area contributed by atoms with E-state index in [2.05, 4.69) is 10.2 Å². The smallest absolute Gasteiger partial charge is 0.255 e. The van der Waals surface area contributed by atoms with Crippen molar-refractivity contribution in [3.63, 3.8) is 0 Å². The summed E-state index contributed by atoms with van der Waals surface area (Å²) in [6.07, 6.45) is -0.0720. The van der Waals surface area contributed by atoms with Gasteiger partial charge in [0.05, 0.1) is 37.1 Å². The van der Waals surface area contributed by atoms with Crippen LogP contribution in [0.3, 0.4) is 0 Å². The van der Waals surface area contributed by atoms with Crippen LogP contribution in [0.4, 0.5) is 10.8 Å². The maximum Gasteiger partial charge on any atom is 0.255 e. The Morgan fingerprint density at radius 3 is 2.61 bits per heavy atom. The molecule has 4 rings (SSSR count). The third-order valence-corrected chi connectivity index (χ3v) is 6.24. The van der Waals surface area contributed by atoms with Crippen LogP contribution in [0.1, 0.15) is 24.2 Å². The van der Waals surface area contributed by atoms with E-state index in [9.17, 15) is 4.79 Å². The molecule has 2 heterocycles. The molecule has 1 saturated heterocycles. The van der Waals surface area contributed by atoms with Crippen LogP contribution >= 0.6 is 22.9 Å². The predicted octanol–water partition coefficient (Wildman–Crippen LogP) is 5.35. The molecule has 33 heavy (non-hydrogen) atoms. The fraction of sp³-hybridized carbons (Fsp3) is 0.333. The number of rotatable bonds is 7. The van der Waals surface area contributed by atoms with Crippen molar-refractivity contribution in [3.8, 4) is 22.8 Å². The lowest BCUT2D eigenvalue weighted by Crippen LogP contribution is -2.36. The molecule has 0 saturated carbocycles. The quantitative estimate of drug-likeness (QED) is 0.484. The van der Waals surface area contributed by atoms with Crippen molar-refractivity contribution in [3.05, 3.63) is 52.4 Å². The van der Waals surface area contributed by atoms with Crippen molar-refractivity contribution in [2.45, 2.75) is 20.0 Å². The predicted molar refractivity (Wildman–Crippen MR) is 132 cm³/mol. The first-order valence-electron chi connectivity index (χ1n) is 10.7. The molecule has 1 N–H and O–H groups in total. The van der Waals surface area contributed by atoms with E-state index in [1.165, 1.54) is 7.11 Å². The Balaban J connectivity index is 1.45. The van der Waals surface area contributed by atoms with Crippen molar-refractivity contribution >= 4 is 39.7 Å². The molecule has 0 atom stereocenters. The van der Waals surface area contributed by atoms with Gasteiger partial charge in [0.25, 0.3) is 5.91 Å². The van der Waals surface area contributed by atoms with E-state index >= 15 is 0 Å². The number of amides is 1. The van der Waals surface area contributed by atoms with Crippen LogP contribution in [-0.2, 0) is 4.74 Å². The first kappa shape index (κ1) is 23.4. The van der Waals surface area contributed by atoms with Gasteiger partial charge in [-0.2, -0.15) is 0 Å². The molecule has 0 bridgehead atoms. The van der Waals surface area contributed by atoms with Gasteiger partial charge in [-0.05, 0) is 38.1 Å². The zero-order chi connectivity index (χ0) is 23.4. The van der Waals surface area contributed by atoms with Crippen LogP contribution < -0.4 is 19.7 Å². The Bertz CT molecular complexity index is 1110. The Hall–Kier alpha value is -2.81. The van der Waals surface area contributed by atoms with E-state index in [0.717, 1.165) is 42.7 Å². The van der Waals surface area contributed by atoms with Gasteiger partial charge in [0, 0.05) is 35.3 Å². The molecule has 9 heteroatoms. The molecule has 3 aromatic rings. The van der Waals surface area contributed by atoms with Crippen molar-refractivity contribution in [2.75, 3.05) is 43.6 Å². The van der Waals surface area contributed by atoms with Crippen LogP contribution in [0.5, 0.6) is 11.5 Å². The molecule has 1 aliphatic rings. The third-order valence-electron chi connectivity index (χ3n) is 5.06. The maximum absolute atomic E-state index is 12.8. The summed E-state index contributed by atoms with van der Waals surface area (Å²) in [6, 6.07) is 10.8. The third kappa shape index (κ3) is 5.58. The number of morpholine rings is 1. The van der Waals surface area contributed by atoms with Crippen LogP contribution in [0.2, 0.25) is 5.02 Å². The van der Waals surface area contributed by atoms with Gasteiger partial charge in [-0.3, -0.25) is 4.79 Å². The van der Waals surface area contributed by atoms with Gasteiger partial charge >= 0.3 is 0 Å². The van der Waals surface area contributed by atoms with Crippen LogP contribution in [0.25, 0.3) is 11.3 Å². The molecule has 0 radical (unpaired) electrons. The number of hydrogen-bond acceptors (Lipinski definition) is 7. The van der Waals surface area contributed by atoms with Gasteiger partial charge in [-0.25, -0.2) is 4.98 Å². The van der Waals surface area contributed by atoms with E-state index in [1.54, 1.807) is 23.5 Å². The van der Waals surface area contributed by atoms with Crippen molar-refractivity contribution in [1.29, 1.82) is 0 Å². The van der Waals surface area contributed by atoms with Crippen LogP contribution in [-0.4, -0.2) is 50.4 Å². The normalized spacial score (nSPS) is 13.8. The van der Waals surface area contributed by atoms with E-state index in [0.29, 0.717) is 27.8 Å². The zero-order valence-corrected chi connectivity index (χ0v) is 20.3. The maximum atomic E-state index is 12.8. The lowest BCUT2D eigenvalue weighted by atomic mass is 10.1. The number of halogens is 1. The Labute approximate surface area is 202 Å². The number of carbonyl (C=O) groups is 1. The van der Waals surface area contributed by atoms with Crippen molar-refractivity contribution < 1.29 is 19.0 Å². The summed E-state index contributed by atoms with van der Waals surface area (Å²) in [4.78, 5) is 19.8. The molecule has 0 spiro atoms. The summed E-state index contributed by atoms with van der Waals surface area (Å²) in [5.41, 5.74) is 2.96. The van der Waals surface area contributed by atoms with Crippen LogP contribution in [0.15, 0.2) is 41.8 Å². The number of carbonyl (C=O) groups excluding carboxylic acids is 1. The standard InChI is InChI=1S/C24H26ClN3O4S/c1-15(2)32-22-19(25)12-17(13-21(22)30-3)23(29)26-18-6-4-16(5-7-18)20-14-33-24(27-20)28-8-10-31-11-9-28/h4-7,12-15H,8-11H2,1-3H3,(H,26,29). The second-order valence-electron chi connectivity index (χ2n) is 7.80. The number of nitrogens with one attached hydrogen (secondary N) is 1. The van der Waals surface area contributed by atoms with E-state index in [-0.39, 0.29) is 12.0 Å². The Morgan fingerprint density at radius 2 is 1.94 bits per heavy atom. The van der Waals surface area contributed by atoms with Crippen molar-refractivity contribution in [1.82, 2.24) is 4.98 Å². The van der Waals surface area contributed by atoms with Gasteiger partial charge in [-0.1, -0.05) is 23.7 Å². The summed E-state index contributed by atoms with van der Waals surface area (Å²) in [7, 11) is 1.52. The molecule has 1 fully saturated rings. The number of nitrogens with zero attached hydrogens (tertiary/aromatic N) is 2. The largest absolute Gasteiger partial charge is 0.493 e. The highest BCUT2D eigenvalue weighted by Crippen LogP contribution is 2.37.